The van der Waals surface area contributed by atoms with Crippen molar-refractivity contribution in [1.82, 2.24) is 0 Å². The van der Waals surface area contributed by atoms with Crippen molar-refractivity contribution in [3.63, 3.8) is 0 Å². The summed E-state index contributed by atoms with van der Waals surface area (Å²) in [7, 11) is 1.63. The molecular weight excluding hydrogens is 274 g/mol. The molecule has 0 aliphatic rings. The summed E-state index contributed by atoms with van der Waals surface area (Å²) in [5, 5.41) is 9.03. The number of hydrogen-bond donors (Lipinski definition) is 2. The Bertz CT molecular complexity index is 531. The summed E-state index contributed by atoms with van der Waals surface area (Å²) >= 11 is 0. The lowest BCUT2D eigenvalue weighted by molar-refractivity contribution is 0.275. The first-order chi connectivity index (χ1) is 9.26. The zero-order chi connectivity index (χ0) is 13.7. The molecular formula is C16H20ClNO2. The molecule has 3 nitrogen and oxygen atoms in total. The number of nitrogens with two attached hydrogens (primary N) is 1. The number of hydrogen-bond acceptors (Lipinski definition) is 3. The maximum absolute atomic E-state index is 9.03. The average molecular weight is 294 g/mol. The zero-order valence-electron chi connectivity index (χ0n) is 11.5. The van der Waals surface area contributed by atoms with Gasteiger partial charge in [-0.2, -0.15) is 0 Å². The van der Waals surface area contributed by atoms with E-state index in [0.717, 1.165) is 22.4 Å². The Labute approximate surface area is 125 Å². The molecule has 0 bridgehead atoms. The van der Waals surface area contributed by atoms with Gasteiger partial charge in [0.1, 0.15) is 5.75 Å². The van der Waals surface area contributed by atoms with Gasteiger partial charge in [-0.05, 0) is 29.7 Å². The second-order valence-corrected chi connectivity index (χ2v) is 4.44. The van der Waals surface area contributed by atoms with Gasteiger partial charge >= 0.3 is 0 Å². The Balaban J connectivity index is 0.00000200. The van der Waals surface area contributed by atoms with E-state index in [9.17, 15) is 0 Å². The SMILES string of the molecule is COc1ccc(-c2ccccc2)cc1C(N)CCO.Cl. The van der Waals surface area contributed by atoms with Crippen LogP contribution >= 0.6 is 12.4 Å². The first kappa shape index (κ1) is 16.5. The minimum atomic E-state index is -0.219. The van der Waals surface area contributed by atoms with E-state index in [1.807, 2.05) is 36.4 Å². The summed E-state index contributed by atoms with van der Waals surface area (Å²) in [5.41, 5.74) is 9.26. The zero-order valence-corrected chi connectivity index (χ0v) is 12.3. The summed E-state index contributed by atoms with van der Waals surface area (Å²) < 4.78 is 5.34. The highest BCUT2D eigenvalue weighted by molar-refractivity contribution is 5.85. The van der Waals surface area contributed by atoms with Crippen LogP contribution in [0.25, 0.3) is 11.1 Å². The van der Waals surface area contributed by atoms with E-state index >= 15 is 0 Å². The molecule has 2 aromatic rings. The van der Waals surface area contributed by atoms with Crippen molar-refractivity contribution in [2.24, 2.45) is 5.73 Å². The smallest absolute Gasteiger partial charge is 0.123 e. The fourth-order valence-electron chi connectivity index (χ4n) is 2.13. The highest BCUT2D eigenvalue weighted by Gasteiger charge is 2.12. The number of halogens is 1. The number of rotatable bonds is 5. The van der Waals surface area contributed by atoms with Crippen molar-refractivity contribution in [2.45, 2.75) is 12.5 Å². The van der Waals surface area contributed by atoms with Gasteiger partial charge in [0.15, 0.2) is 0 Å². The molecule has 0 aromatic heterocycles. The van der Waals surface area contributed by atoms with Gasteiger partial charge < -0.3 is 15.6 Å². The molecule has 0 saturated heterocycles. The van der Waals surface area contributed by atoms with E-state index in [1.54, 1.807) is 7.11 Å². The van der Waals surface area contributed by atoms with E-state index in [1.165, 1.54) is 0 Å². The molecule has 1 unspecified atom stereocenters. The normalized spacial score (nSPS) is 11.6. The van der Waals surface area contributed by atoms with Gasteiger partial charge in [0.2, 0.25) is 0 Å². The molecule has 108 valence electrons. The van der Waals surface area contributed by atoms with Crippen LogP contribution in [0.2, 0.25) is 0 Å². The maximum atomic E-state index is 9.03. The van der Waals surface area contributed by atoms with E-state index in [0.29, 0.717) is 6.42 Å². The van der Waals surface area contributed by atoms with Crippen LogP contribution in [0.3, 0.4) is 0 Å². The fraction of sp³-hybridized carbons (Fsp3) is 0.250. The molecule has 0 fully saturated rings. The second-order valence-electron chi connectivity index (χ2n) is 4.44. The fourth-order valence-corrected chi connectivity index (χ4v) is 2.13. The van der Waals surface area contributed by atoms with Crippen LogP contribution in [0.5, 0.6) is 5.75 Å². The predicted octanol–water partition coefficient (Wildman–Crippen LogP) is 3.17. The molecule has 3 N–H and O–H groups in total. The highest BCUT2D eigenvalue weighted by Crippen LogP contribution is 2.30. The highest BCUT2D eigenvalue weighted by atomic mass is 35.5. The van der Waals surface area contributed by atoms with Gasteiger partial charge in [-0.1, -0.05) is 36.4 Å². The largest absolute Gasteiger partial charge is 0.496 e. The Morgan fingerprint density at radius 1 is 1.10 bits per heavy atom. The first-order valence-corrected chi connectivity index (χ1v) is 6.36. The Hall–Kier alpha value is -1.55. The predicted molar refractivity (Wildman–Crippen MR) is 84.3 cm³/mol. The molecule has 20 heavy (non-hydrogen) atoms. The van der Waals surface area contributed by atoms with Crippen molar-refractivity contribution in [1.29, 1.82) is 0 Å². The summed E-state index contributed by atoms with van der Waals surface area (Å²) in [6.07, 6.45) is 0.522. The summed E-state index contributed by atoms with van der Waals surface area (Å²) in [6.45, 7) is 0.0693. The molecule has 1 atom stereocenters. The lowest BCUT2D eigenvalue weighted by Gasteiger charge is -2.16. The summed E-state index contributed by atoms with van der Waals surface area (Å²) in [5.74, 6) is 0.764. The number of aliphatic hydroxyl groups is 1. The van der Waals surface area contributed by atoms with Crippen LogP contribution < -0.4 is 10.5 Å². The topological polar surface area (TPSA) is 55.5 Å². The van der Waals surface area contributed by atoms with E-state index in [-0.39, 0.29) is 25.1 Å². The van der Waals surface area contributed by atoms with Crippen molar-refractivity contribution < 1.29 is 9.84 Å². The quantitative estimate of drug-likeness (QED) is 0.890. The summed E-state index contributed by atoms with van der Waals surface area (Å²) in [4.78, 5) is 0. The van der Waals surface area contributed by atoms with Crippen LogP contribution in [0.1, 0.15) is 18.0 Å². The molecule has 2 rings (SSSR count). The maximum Gasteiger partial charge on any atom is 0.123 e. The monoisotopic (exact) mass is 293 g/mol. The lowest BCUT2D eigenvalue weighted by atomic mass is 9.97. The molecule has 2 aromatic carbocycles. The molecule has 0 saturated carbocycles. The standard InChI is InChI=1S/C16H19NO2.ClH/c1-19-16-8-7-13(12-5-3-2-4-6-12)11-14(16)15(17)9-10-18;/h2-8,11,15,18H,9-10,17H2,1H3;1H. The Morgan fingerprint density at radius 3 is 2.40 bits per heavy atom. The van der Waals surface area contributed by atoms with Crippen molar-refractivity contribution in [2.75, 3.05) is 13.7 Å². The Morgan fingerprint density at radius 2 is 1.80 bits per heavy atom. The van der Waals surface area contributed by atoms with E-state index in [4.69, 9.17) is 15.6 Å². The van der Waals surface area contributed by atoms with E-state index in [2.05, 4.69) is 12.1 Å². The van der Waals surface area contributed by atoms with Crippen LogP contribution in [0.4, 0.5) is 0 Å². The van der Waals surface area contributed by atoms with Gasteiger partial charge in [0.25, 0.3) is 0 Å². The van der Waals surface area contributed by atoms with Crippen LogP contribution in [0.15, 0.2) is 48.5 Å². The molecule has 0 spiro atoms. The van der Waals surface area contributed by atoms with Crippen molar-refractivity contribution >= 4 is 12.4 Å². The van der Waals surface area contributed by atoms with Crippen molar-refractivity contribution in [3.8, 4) is 16.9 Å². The van der Waals surface area contributed by atoms with Crippen molar-refractivity contribution in [3.05, 3.63) is 54.1 Å². The van der Waals surface area contributed by atoms with Crippen LogP contribution in [-0.4, -0.2) is 18.8 Å². The Kier molecular flexibility index (Phi) is 6.52. The lowest BCUT2D eigenvalue weighted by Crippen LogP contribution is -2.13. The molecule has 0 aliphatic heterocycles. The molecule has 4 heteroatoms. The van der Waals surface area contributed by atoms with Crippen LogP contribution in [-0.2, 0) is 0 Å². The number of methoxy groups -OCH3 is 1. The summed E-state index contributed by atoms with van der Waals surface area (Å²) in [6, 6.07) is 15.9. The van der Waals surface area contributed by atoms with Gasteiger partial charge in [0.05, 0.1) is 7.11 Å². The number of benzene rings is 2. The van der Waals surface area contributed by atoms with Gasteiger partial charge in [-0.25, -0.2) is 0 Å². The minimum Gasteiger partial charge on any atom is -0.496 e. The number of aliphatic hydroxyl groups excluding tert-OH is 1. The third-order valence-corrected chi connectivity index (χ3v) is 3.18. The molecule has 0 radical (unpaired) electrons. The first-order valence-electron chi connectivity index (χ1n) is 6.36. The van der Waals surface area contributed by atoms with Gasteiger partial charge in [-0.15, -0.1) is 12.4 Å². The second kappa shape index (κ2) is 7.90. The van der Waals surface area contributed by atoms with Crippen LogP contribution in [0, 0.1) is 0 Å². The van der Waals surface area contributed by atoms with Gasteiger partial charge in [0, 0.05) is 18.2 Å². The number of ether oxygens (including phenoxy) is 1. The molecule has 0 heterocycles. The van der Waals surface area contributed by atoms with Gasteiger partial charge in [-0.3, -0.25) is 0 Å². The molecule has 0 aliphatic carbocycles. The van der Waals surface area contributed by atoms with E-state index < -0.39 is 0 Å². The third kappa shape index (κ3) is 3.73. The third-order valence-electron chi connectivity index (χ3n) is 3.18. The molecule has 0 amide bonds. The average Bonchev–Trinajstić information content (AvgIpc) is 2.47. The minimum absolute atomic E-state index is 0.